The van der Waals surface area contributed by atoms with Crippen LogP contribution in [0, 0.1) is 0 Å². The highest BCUT2D eigenvalue weighted by molar-refractivity contribution is 7.14. The Bertz CT molecular complexity index is 596. The highest BCUT2D eigenvalue weighted by atomic mass is 32.1. The molecule has 2 nitrogen and oxygen atoms in total. The van der Waals surface area contributed by atoms with Crippen molar-refractivity contribution in [3.8, 4) is 5.75 Å². The summed E-state index contributed by atoms with van der Waals surface area (Å²) in [5.41, 5.74) is 0.958. The van der Waals surface area contributed by atoms with Gasteiger partial charge in [0.2, 0.25) is 0 Å². The summed E-state index contributed by atoms with van der Waals surface area (Å²) in [5.74, 6) is 0.839. The van der Waals surface area contributed by atoms with Gasteiger partial charge in [-0.25, -0.2) is 0 Å². The molecule has 0 saturated carbocycles. The van der Waals surface area contributed by atoms with E-state index in [1.807, 2.05) is 42.5 Å². The summed E-state index contributed by atoms with van der Waals surface area (Å²) >= 11 is 1.56. The standard InChI is InChI=1S/C16H16O2S/c1-3-14-8-10-16(19-14)15(17)9-7-12-5-4-6-13(11-12)18-2/h4-11H,3H2,1-2H3/b9-7+. The molecule has 0 unspecified atom stereocenters. The van der Waals surface area contributed by atoms with Gasteiger partial charge >= 0.3 is 0 Å². The number of thiophene rings is 1. The lowest BCUT2D eigenvalue weighted by Gasteiger charge is -1.99. The lowest BCUT2D eigenvalue weighted by molar-refractivity contribution is 0.105. The van der Waals surface area contributed by atoms with E-state index in [1.165, 1.54) is 4.88 Å². The minimum atomic E-state index is 0.0486. The fourth-order valence-corrected chi connectivity index (χ4v) is 2.57. The highest BCUT2D eigenvalue weighted by Crippen LogP contribution is 2.19. The number of ether oxygens (including phenoxy) is 1. The van der Waals surface area contributed by atoms with Crippen LogP contribution in [-0.4, -0.2) is 12.9 Å². The first-order chi connectivity index (χ1) is 9.22. The first-order valence-electron chi connectivity index (χ1n) is 6.18. The smallest absolute Gasteiger partial charge is 0.195 e. The predicted molar refractivity (Wildman–Crippen MR) is 80.1 cm³/mol. The molecule has 0 aliphatic carbocycles. The normalized spacial score (nSPS) is 10.8. The lowest BCUT2D eigenvalue weighted by atomic mass is 10.2. The summed E-state index contributed by atoms with van der Waals surface area (Å²) in [6.45, 7) is 2.09. The van der Waals surface area contributed by atoms with Crippen LogP contribution in [0.5, 0.6) is 5.75 Å². The zero-order chi connectivity index (χ0) is 13.7. The number of methoxy groups -OCH3 is 1. The molecule has 2 rings (SSSR count). The number of hydrogen-bond acceptors (Lipinski definition) is 3. The van der Waals surface area contributed by atoms with Gasteiger partial charge in [0, 0.05) is 4.88 Å². The molecule has 0 fully saturated rings. The number of rotatable bonds is 5. The fraction of sp³-hybridized carbons (Fsp3) is 0.188. The van der Waals surface area contributed by atoms with Crippen LogP contribution in [0.1, 0.15) is 27.0 Å². The van der Waals surface area contributed by atoms with Crippen molar-refractivity contribution in [3.05, 3.63) is 57.8 Å². The fourth-order valence-electron chi connectivity index (χ4n) is 1.70. The van der Waals surface area contributed by atoms with Crippen molar-refractivity contribution in [2.45, 2.75) is 13.3 Å². The number of hydrogen-bond donors (Lipinski definition) is 0. The van der Waals surface area contributed by atoms with Crippen LogP contribution in [-0.2, 0) is 6.42 Å². The Kier molecular flexibility index (Phi) is 4.53. The van der Waals surface area contributed by atoms with Crippen molar-refractivity contribution in [3.63, 3.8) is 0 Å². The minimum Gasteiger partial charge on any atom is -0.497 e. The Morgan fingerprint density at radius 2 is 2.16 bits per heavy atom. The van der Waals surface area contributed by atoms with Crippen molar-refractivity contribution in [1.29, 1.82) is 0 Å². The third-order valence-electron chi connectivity index (χ3n) is 2.77. The Hall–Kier alpha value is -1.87. The molecule has 0 spiro atoms. The van der Waals surface area contributed by atoms with Gasteiger partial charge in [-0.3, -0.25) is 4.79 Å². The second-order valence-electron chi connectivity index (χ2n) is 4.09. The van der Waals surface area contributed by atoms with Gasteiger partial charge in [-0.2, -0.15) is 0 Å². The van der Waals surface area contributed by atoms with E-state index in [2.05, 4.69) is 6.92 Å². The van der Waals surface area contributed by atoms with Crippen LogP contribution in [0.25, 0.3) is 6.08 Å². The summed E-state index contributed by atoms with van der Waals surface area (Å²) in [7, 11) is 1.63. The molecule has 1 aromatic heterocycles. The monoisotopic (exact) mass is 272 g/mol. The van der Waals surface area contributed by atoms with E-state index < -0.39 is 0 Å². The van der Waals surface area contributed by atoms with Gasteiger partial charge in [0.1, 0.15) is 5.75 Å². The van der Waals surface area contributed by atoms with E-state index in [0.29, 0.717) is 0 Å². The van der Waals surface area contributed by atoms with Gasteiger partial charge in [0.15, 0.2) is 5.78 Å². The molecule has 0 atom stereocenters. The number of carbonyl (C=O) groups excluding carboxylic acids is 1. The Morgan fingerprint density at radius 3 is 2.84 bits per heavy atom. The molecule has 0 saturated heterocycles. The molecule has 0 radical (unpaired) electrons. The molecule has 0 aliphatic rings. The summed E-state index contributed by atoms with van der Waals surface area (Å²) in [6, 6.07) is 11.5. The van der Waals surface area contributed by atoms with Crippen LogP contribution in [0.4, 0.5) is 0 Å². The minimum absolute atomic E-state index is 0.0486. The molecule has 2 aromatic rings. The van der Waals surface area contributed by atoms with Crippen LogP contribution >= 0.6 is 11.3 Å². The lowest BCUT2D eigenvalue weighted by Crippen LogP contribution is -1.89. The number of benzene rings is 1. The maximum Gasteiger partial charge on any atom is 0.195 e. The largest absolute Gasteiger partial charge is 0.497 e. The maximum absolute atomic E-state index is 12.0. The average Bonchev–Trinajstić information content (AvgIpc) is 2.94. The van der Waals surface area contributed by atoms with Crippen LogP contribution in [0.3, 0.4) is 0 Å². The second-order valence-corrected chi connectivity index (χ2v) is 5.26. The van der Waals surface area contributed by atoms with E-state index in [9.17, 15) is 4.79 Å². The van der Waals surface area contributed by atoms with Crippen molar-refractivity contribution >= 4 is 23.2 Å². The molecule has 19 heavy (non-hydrogen) atoms. The predicted octanol–water partition coefficient (Wildman–Crippen LogP) is 4.22. The van der Waals surface area contributed by atoms with Crippen molar-refractivity contribution < 1.29 is 9.53 Å². The molecule has 0 aliphatic heterocycles. The van der Waals surface area contributed by atoms with Gasteiger partial charge in [-0.05, 0) is 42.3 Å². The molecular formula is C16H16O2S. The summed E-state index contributed by atoms with van der Waals surface area (Å²) in [5, 5.41) is 0. The van der Waals surface area contributed by atoms with Crippen LogP contribution < -0.4 is 4.74 Å². The van der Waals surface area contributed by atoms with E-state index >= 15 is 0 Å². The molecule has 1 heterocycles. The summed E-state index contributed by atoms with van der Waals surface area (Å²) < 4.78 is 5.15. The number of aryl methyl sites for hydroxylation is 1. The molecule has 0 N–H and O–H groups in total. The van der Waals surface area contributed by atoms with Gasteiger partial charge in [0.05, 0.1) is 12.0 Å². The zero-order valence-corrected chi connectivity index (χ0v) is 11.9. The van der Waals surface area contributed by atoms with E-state index in [4.69, 9.17) is 4.74 Å². The van der Waals surface area contributed by atoms with E-state index in [0.717, 1.165) is 22.6 Å². The quantitative estimate of drug-likeness (QED) is 0.602. The van der Waals surface area contributed by atoms with Crippen LogP contribution in [0.15, 0.2) is 42.5 Å². The first-order valence-corrected chi connectivity index (χ1v) is 6.99. The Balaban J connectivity index is 2.11. The SMILES string of the molecule is CCc1ccc(C(=O)/C=C/c2cccc(OC)c2)s1. The third kappa shape index (κ3) is 3.55. The average molecular weight is 272 g/mol. The Morgan fingerprint density at radius 1 is 1.32 bits per heavy atom. The van der Waals surface area contributed by atoms with E-state index in [-0.39, 0.29) is 5.78 Å². The van der Waals surface area contributed by atoms with Crippen molar-refractivity contribution in [2.24, 2.45) is 0 Å². The molecule has 98 valence electrons. The molecule has 3 heteroatoms. The number of allylic oxidation sites excluding steroid dienone is 1. The highest BCUT2D eigenvalue weighted by Gasteiger charge is 2.05. The molecule has 1 aromatic carbocycles. The molecular weight excluding hydrogens is 256 g/mol. The maximum atomic E-state index is 12.0. The summed E-state index contributed by atoms with van der Waals surface area (Å²) in [4.78, 5) is 14.0. The van der Waals surface area contributed by atoms with Gasteiger partial charge in [-0.1, -0.05) is 25.1 Å². The van der Waals surface area contributed by atoms with E-state index in [1.54, 1.807) is 24.5 Å². The third-order valence-corrected chi connectivity index (χ3v) is 4.02. The van der Waals surface area contributed by atoms with Gasteiger partial charge in [0.25, 0.3) is 0 Å². The van der Waals surface area contributed by atoms with Crippen molar-refractivity contribution in [1.82, 2.24) is 0 Å². The number of ketones is 1. The summed E-state index contributed by atoms with van der Waals surface area (Å²) in [6.07, 6.45) is 4.40. The Labute approximate surface area is 117 Å². The van der Waals surface area contributed by atoms with Crippen molar-refractivity contribution in [2.75, 3.05) is 7.11 Å². The van der Waals surface area contributed by atoms with Gasteiger partial charge in [-0.15, -0.1) is 11.3 Å². The van der Waals surface area contributed by atoms with Crippen LogP contribution in [0.2, 0.25) is 0 Å². The topological polar surface area (TPSA) is 26.3 Å². The number of carbonyl (C=O) groups is 1. The van der Waals surface area contributed by atoms with Gasteiger partial charge < -0.3 is 4.74 Å². The molecule has 0 amide bonds. The first kappa shape index (κ1) is 13.6. The molecule has 0 bridgehead atoms. The zero-order valence-electron chi connectivity index (χ0n) is 11.1. The second kappa shape index (κ2) is 6.34.